The van der Waals surface area contributed by atoms with Crippen LogP contribution in [0.1, 0.15) is 19.3 Å². The van der Waals surface area contributed by atoms with Gasteiger partial charge in [0, 0.05) is 12.1 Å². The van der Waals surface area contributed by atoms with Crippen molar-refractivity contribution in [3.63, 3.8) is 0 Å². The fourth-order valence-electron chi connectivity index (χ4n) is 1.28. The van der Waals surface area contributed by atoms with Crippen LogP contribution in [0, 0.1) is 0 Å². The fraction of sp³-hybridized carbons (Fsp3) is 1.00. The normalized spacial score (nSPS) is 38.2. The quantitative estimate of drug-likeness (QED) is 0.507. The summed E-state index contributed by atoms with van der Waals surface area (Å²) in [5.74, 6) is 0. The van der Waals surface area contributed by atoms with Crippen molar-refractivity contribution in [1.29, 1.82) is 0 Å². The maximum absolute atomic E-state index is 5.66. The zero-order valence-corrected chi connectivity index (χ0v) is 5.35. The van der Waals surface area contributed by atoms with Gasteiger partial charge in [0.2, 0.25) is 0 Å². The maximum atomic E-state index is 5.66. The van der Waals surface area contributed by atoms with Gasteiger partial charge in [0.15, 0.2) is 0 Å². The molecule has 0 aromatic heterocycles. The summed E-state index contributed by atoms with van der Waals surface area (Å²) in [6.45, 7) is 0. The third kappa shape index (κ3) is 1.20. The second-order valence-corrected chi connectivity index (χ2v) is 2.56. The Labute approximate surface area is 50.4 Å². The molecule has 2 atom stereocenters. The summed E-state index contributed by atoms with van der Waals surface area (Å²) < 4.78 is 0. The lowest BCUT2D eigenvalue weighted by molar-refractivity contribution is 0.570. The highest BCUT2D eigenvalue weighted by atomic mass is 14.9. The van der Waals surface area contributed by atoms with Crippen LogP contribution >= 0.6 is 0 Å². The van der Waals surface area contributed by atoms with Crippen LogP contribution in [0.25, 0.3) is 0 Å². The van der Waals surface area contributed by atoms with Crippen molar-refractivity contribution in [1.82, 2.24) is 5.32 Å². The predicted octanol–water partition coefficient (Wildman–Crippen LogP) is 0.0856. The molecule has 1 aliphatic rings. The van der Waals surface area contributed by atoms with Gasteiger partial charge in [0.05, 0.1) is 0 Å². The molecular weight excluding hydrogens is 100 g/mol. The SMILES string of the molecule is CN[C@H]1CCC(N)C1. The molecule has 1 fully saturated rings. The van der Waals surface area contributed by atoms with Crippen molar-refractivity contribution in [2.24, 2.45) is 5.73 Å². The van der Waals surface area contributed by atoms with E-state index in [0.29, 0.717) is 12.1 Å². The number of hydrogen-bond acceptors (Lipinski definition) is 2. The van der Waals surface area contributed by atoms with E-state index in [2.05, 4.69) is 5.32 Å². The lowest BCUT2D eigenvalue weighted by Crippen LogP contribution is -2.24. The van der Waals surface area contributed by atoms with Crippen molar-refractivity contribution in [2.45, 2.75) is 31.3 Å². The van der Waals surface area contributed by atoms with E-state index in [1.807, 2.05) is 7.05 Å². The molecule has 1 rings (SSSR count). The van der Waals surface area contributed by atoms with Gasteiger partial charge in [-0.2, -0.15) is 0 Å². The molecule has 0 amide bonds. The summed E-state index contributed by atoms with van der Waals surface area (Å²) in [5, 5.41) is 3.21. The average molecular weight is 114 g/mol. The number of rotatable bonds is 1. The van der Waals surface area contributed by atoms with Crippen molar-refractivity contribution < 1.29 is 0 Å². The summed E-state index contributed by atoms with van der Waals surface area (Å²) >= 11 is 0. The first-order valence-electron chi connectivity index (χ1n) is 3.26. The third-order valence-electron chi connectivity index (χ3n) is 1.88. The van der Waals surface area contributed by atoms with Crippen LogP contribution in [-0.2, 0) is 0 Å². The van der Waals surface area contributed by atoms with Gasteiger partial charge in [0.25, 0.3) is 0 Å². The third-order valence-corrected chi connectivity index (χ3v) is 1.88. The molecule has 0 aromatic rings. The number of nitrogens with two attached hydrogens (primary N) is 1. The summed E-state index contributed by atoms with van der Waals surface area (Å²) in [4.78, 5) is 0. The molecule has 1 unspecified atom stereocenters. The van der Waals surface area contributed by atoms with Crippen LogP contribution in [0.15, 0.2) is 0 Å². The zero-order valence-electron chi connectivity index (χ0n) is 5.35. The minimum Gasteiger partial charge on any atom is -0.328 e. The Kier molecular flexibility index (Phi) is 1.86. The lowest BCUT2D eigenvalue weighted by Gasteiger charge is -2.04. The Bertz CT molecular complexity index is 72.9. The van der Waals surface area contributed by atoms with Crippen molar-refractivity contribution >= 4 is 0 Å². The summed E-state index contributed by atoms with van der Waals surface area (Å²) in [5.41, 5.74) is 5.66. The molecule has 0 bridgehead atoms. The van der Waals surface area contributed by atoms with Crippen LogP contribution in [0.3, 0.4) is 0 Å². The molecule has 3 N–H and O–H groups in total. The first-order valence-corrected chi connectivity index (χ1v) is 3.26. The van der Waals surface area contributed by atoms with E-state index in [-0.39, 0.29) is 0 Å². The Morgan fingerprint density at radius 1 is 1.50 bits per heavy atom. The topological polar surface area (TPSA) is 38.0 Å². The smallest absolute Gasteiger partial charge is 0.00793 e. The number of nitrogens with one attached hydrogen (secondary N) is 1. The predicted molar refractivity (Wildman–Crippen MR) is 34.7 cm³/mol. The molecule has 8 heavy (non-hydrogen) atoms. The van der Waals surface area contributed by atoms with Gasteiger partial charge in [-0.25, -0.2) is 0 Å². The Hall–Kier alpha value is -0.0800. The van der Waals surface area contributed by atoms with E-state index in [0.717, 1.165) is 6.42 Å². The monoisotopic (exact) mass is 114 g/mol. The average Bonchev–Trinajstić information content (AvgIpc) is 2.14. The van der Waals surface area contributed by atoms with E-state index in [1.165, 1.54) is 12.8 Å². The summed E-state index contributed by atoms with van der Waals surface area (Å²) in [7, 11) is 2.00. The molecule has 0 aliphatic heterocycles. The van der Waals surface area contributed by atoms with Crippen LogP contribution in [0.4, 0.5) is 0 Å². The highest BCUT2D eigenvalue weighted by molar-refractivity contribution is 4.81. The second kappa shape index (κ2) is 2.46. The molecule has 48 valence electrons. The minimum absolute atomic E-state index is 0.465. The van der Waals surface area contributed by atoms with E-state index in [9.17, 15) is 0 Å². The Morgan fingerprint density at radius 2 is 2.25 bits per heavy atom. The van der Waals surface area contributed by atoms with Gasteiger partial charge in [-0.3, -0.25) is 0 Å². The van der Waals surface area contributed by atoms with E-state index in [1.54, 1.807) is 0 Å². The van der Waals surface area contributed by atoms with E-state index < -0.39 is 0 Å². The molecule has 0 heterocycles. The first kappa shape index (κ1) is 6.05. The molecule has 0 saturated heterocycles. The standard InChI is InChI=1S/C6H14N2/c1-8-6-3-2-5(7)4-6/h5-6,8H,2-4,7H2,1H3/t5?,6-/m0/s1. The molecule has 2 nitrogen and oxygen atoms in total. The molecule has 0 aromatic carbocycles. The fourth-order valence-corrected chi connectivity index (χ4v) is 1.28. The molecule has 2 heteroatoms. The Morgan fingerprint density at radius 3 is 2.50 bits per heavy atom. The summed E-state index contributed by atoms with van der Waals surface area (Å²) in [6.07, 6.45) is 3.62. The van der Waals surface area contributed by atoms with Crippen molar-refractivity contribution in [3.8, 4) is 0 Å². The van der Waals surface area contributed by atoms with Crippen molar-refractivity contribution in [2.75, 3.05) is 7.05 Å². The summed E-state index contributed by atoms with van der Waals surface area (Å²) in [6, 6.07) is 1.16. The van der Waals surface area contributed by atoms with Gasteiger partial charge in [0.1, 0.15) is 0 Å². The van der Waals surface area contributed by atoms with Crippen LogP contribution in [0.2, 0.25) is 0 Å². The minimum atomic E-state index is 0.465. The molecule has 0 radical (unpaired) electrons. The molecule has 1 saturated carbocycles. The van der Waals surface area contributed by atoms with Gasteiger partial charge in [-0.1, -0.05) is 0 Å². The number of hydrogen-bond donors (Lipinski definition) is 2. The van der Waals surface area contributed by atoms with Crippen LogP contribution < -0.4 is 11.1 Å². The van der Waals surface area contributed by atoms with E-state index in [4.69, 9.17) is 5.73 Å². The highest BCUT2D eigenvalue weighted by Gasteiger charge is 2.18. The van der Waals surface area contributed by atoms with Gasteiger partial charge < -0.3 is 11.1 Å². The largest absolute Gasteiger partial charge is 0.328 e. The Balaban J connectivity index is 2.22. The zero-order chi connectivity index (χ0) is 5.98. The molecule has 1 aliphatic carbocycles. The maximum Gasteiger partial charge on any atom is 0.00793 e. The van der Waals surface area contributed by atoms with Gasteiger partial charge >= 0.3 is 0 Å². The van der Waals surface area contributed by atoms with Gasteiger partial charge in [-0.05, 0) is 26.3 Å². The highest BCUT2D eigenvalue weighted by Crippen LogP contribution is 2.15. The van der Waals surface area contributed by atoms with E-state index >= 15 is 0 Å². The van der Waals surface area contributed by atoms with Crippen LogP contribution in [0.5, 0.6) is 0 Å². The van der Waals surface area contributed by atoms with Crippen molar-refractivity contribution in [3.05, 3.63) is 0 Å². The lowest BCUT2D eigenvalue weighted by atomic mass is 10.2. The second-order valence-electron chi connectivity index (χ2n) is 2.56. The van der Waals surface area contributed by atoms with Gasteiger partial charge in [-0.15, -0.1) is 0 Å². The molecular formula is C6H14N2. The van der Waals surface area contributed by atoms with Crippen LogP contribution in [-0.4, -0.2) is 19.1 Å². The molecule has 0 spiro atoms. The first-order chi connectivity index (χ1) is 3.83.